The molecule has 1 aliphatic carbocycles. The number of carbonyl (C=O) groups is 1. The van der Waals surface area contributed by atoms with Gasteiger partial charge >= 0.3 is 0 Å². The van der Waals surface area contributed by atoms with E-state index in [1.54, 1.807) is 31.2 Å². The lowest BCUT2D eigenvalue weighted by atomic mass is 10.1. The van der Waals surface area contributed by atoms with Crippen LogP contribution in [0.5, 0.6) is 5.75 Å². The van der Waals surface area contributed by atoms with Crippen molar-refractivity contribution in [2.45, 2.75) is 38.8 Å². The van der Waals surface area contributed by atoms with Crippen molar-refractivity contribution in [2.75, 3.05) is 13.2 Å². The lowest BCUT2D eigenvalue weighted by Gasteiger charge is -2.20. The highest BCUT2D eigenvalue weighted by Crippen LogP contribution is 2.34. The van der Waals surface area contributed by atoms with E-state index >= 15 is 4.39 Å². The Morgan fingerprint density at radius 2 is 1.91 bits per heavy atom. The van der Waals surface area contributed by atoms with Crippen molar-refractivity contribution in [1.29, 1.82) is 5.41 Å². The molecule has 1 aliphatic rings. The van der Waals surface area contributed by atoms with Crippen molar-refractivity contribution in [3.63, 3.8) is 0 Å². The van der Waals surface area contributed by atoms with Crippen molar-refractivity contribution >= 4 is 24.1 Å². The molecule has 1 saturated carbocycles. The van der Waals surface area contributed by atoms with Crippen LogP contribution in [0.2, 0.25) is 0 Å². The predicted molar refractivity (Wildman–Crippen MR) is 120 cm³/mol. The number of nitrogens with two attached hydrogens (primary N) is 1. The maximum atomic E-state index is 15.0. The van der Waals surface area contributed by atoms with E-state index in [9.17, 15) is 9.18 Å². The summed E-state index contributed by atoms with van der Waals surface area (Å²) in [7, 11) is 0. The molecular formula is C23H28ClF2N3O3. The molecular weight excluding hydrogens is 440 g/mol. The van der Waals surface area contributed by atoms with Crippen molar-refractivity contribution in [2.24, 2.45) is 11.7 Å². The van der Waals surface area contributed by atoms with Crippen LogP contribution in [0.25, 0.3) is 0 Å². The maximum absolute atomic E-state index is 15.0. The van der Waals surface area contributed by atoms with Gasteiger partial charge in [0.25, 0.3) is 5.91 Å². The zero-order valence-electron chi connectivity index (χ0n) is 17.8. The van der Waals surface area contributed by atoms with Crippen molar-refractivity contribution in [3.05, 3.63) is 64.7 Å². The van der Waals surface area contributed by atoms with E-state index in [4.69, 9.17) is 20.6 Å². The van der Waals surface area contributed by atoms with E-state index in [0.29, 0.717) is 18.1 Å². The molecule has 1 amide bonds. The van der Waals surface area contributed by atoms with Crippen molar-refractivity contribution in [1.82, 2.24) is 5.32 Å². The molecule has 0 aromatic heterocycles. The molecule has 3 rings (SSSR count). The van der Waals surface area contributed by atoms with E-state index in [1.807, 2.05) is 0 Å². The molecule has 4 N–H and O–H groups in total. The normalized spacial score (nSPS) is 13.7. The number of amides is 1. The minimum atomic E-state index is -1.45. The van der Waals surface area contributed by atoms with Crippen LogP contribution >= 0.6 is 12.4 Å². The molecule has 0 radical (unpaired) electrons. The van der Waals surface area contributed by atoms with Crippen LogP contribution in [0.3, 0.4) is 0 Å². The Morgan fingerprint density at radius 1 is 1.22 bits per heavy atom. The fraction of sp³-hybridized carbons (Fsp3) is 0.391. The Balaban J connectivity index is 0.00000363. The fourth-order valence-corrected chi connectivity index (χ4v) is 3.18. The third kappa shape index (κ3) is 6.64. The number of ether oxygens (including phenoxy) is 2. The van der Waals surface area contributed by atoms with Gasteiger partial charge in [-0.05, 0) is 37.0 Å². The van der Waals surface area contributed by atoms with E-state index in [1.165, 1.54) is 6.07 Å². The number of rotatable bonds is 11. The van der Waals surface area contributed by atoms with E-state index < -0.39 is 29.2 Å². The van der Waals surface area contributed by atoms with Gasteiger partial charge in [-0.25, -0.2) is 8.78 Å². The highest BCUT2D eigenvalue weighted by molar-refractivity contribution is 5.94. The molecule has 0 heterocycles. The van der Waals surface area contributed by atoms with Crippen LogP contribution in [-0.4, -0.2) is 25.0 Å². The van der Waals surface area contributed by atoms with Crippen LogP contribution in [0.1, 0.15) is 49.0 Å². The summed E-state index contributed by atoms with van der Waals surface area (Å²) in [5.41, 5.74) is 6.27. The maximum Gasteiger partial charge on any atom is 0.254 e. The summed E-state index contributed by atoms with van der Waals surface area (Å²) >= 11 is 0. The van der Waals surface area contributed by atoms with Crippen LogP contribution < -0.4 is 15.8 Å². The quantitative estimate of drug-likeness (QED) is 0.340. The minimum Gasteiger partial charge on any atom is -0.490 e. The first-order valence-corrected chi connectivity index (χ1v) is 10.3. The SMILES string of the molecule is CCOC(C(=O)NCc1ccc(C(=N)N)cc1)c1c(F)ccc(OCCC2CC2)c1F.Cl. The van der Waals surface area contributed by atoms with Gasteiger partial charge in [0.1, 0.15) is 11.7 Å². The largest absolute Gasteiger partial charge is 0.490 e. The van der Waals surface area contributed by atoms with E-state index in [-0.39, 0.29) is 37.1 Å². The van der Waals surface area contributed by atoms with Gasteiger partial charge in [0.2, 0.25) is 0 Å². The van der Waals surface area contributed by atoms with Gasteiger partial charge in [0.15, 0.2) is 17.7 Å². The first kappa shape index (κ1) is 25.5. The number of halogens is 3. The molecule has 174 valence electrons. The Hall–Kier alpha value is -2.71. The predicted octanol–water partition coefficient (Wildman–Crippen LogP) is 4.24. The Kier molecular flexibility index (Phi) is 9.41. The molecule has 0 aliphatic heterocycles. The monoisotopic (exact) mass is 467 g/mol. The molecule has 1 fully saturated rings. The molecule has 2 aromatic carbocycles. The first-order valence-electron chi connectivity index (χ1n) is 10.3. The summed E-state index contributed by atoms with van der Waals surface area (Å²) in [6, 6.07) is 9.06. The van der Waals surface area contributed by atoms with Crippen LogP contribution in [0.15, 0.2) is 36.4 Å². The summed E-state index contributed by atoms with van der Waals surface area (Å²) in [4.78, 5) is 12.7. The number of amidine groups is 1. The Morgan fingerprint density at radius 3 is 2.50 bits per heavy atom. The van der Waals surface area contributed by atoms with Gasteiger partial charge in [-0.3, -0.25) is 10.2 Å². The zero-order chi connectivity index (χ0) is 22.4. The van der Waals surface area contributed by atoms with Crippen molar-refractivity contribution in [3.8, 4) is 5.75 Å². The summed E-state index contributed by atoms with van der Waals surface area (Å²) in [6.07, 6.45) is 1.69. The van der Waals surface area contributed by atoms with E-state index in [0.717, 1.165) is 30.9 Å². The van der Waals surface area contributed by atoms with Crippen LogP contribution in [0, 0.1) is 23.0 Å². The van der Waals surface area contributed by atoms with E-state index in [2.05, 4.69) is 5.32 Å². The lowest BCUT2D eigenvalue weighted by molar-refractivity contribution is -0.133. The third-order valence-electron chi connectivity index (χ3n) is 5.14. The molecule has 0 saturated heterocycles. The number of benzene rings is 2. The summed E-state index contributed by atoms with van der Waals surface area (Å²) in [6.45, 7) is 2.21. The first-order chi connectivity index (χ1) is 14.9. The second-order valence-corrected chi connectivity index (χ2v) is 7.52. The fourth-order valence-electron chi connectivity index (χ4n) is 3.18. The van der Waals surface area contributed by atoms with Gasteiger partial charge in [-0.1, -0.05) is 37.1 Å². The summed E-state index contributed by atoms with van der Waals surface area (Å²) < 4.78 is 40.5. The van der Waals surface area contributed by atoms with Crippen LogP contribution in [0.4, 0.5) is 8.78 Å². The van der Waals surface area contributed by atoms with Gasteiger partial charge in [-0.2, -0.15) is 0 Å². The average molecular weight is 468 g/mol. The van der Waals surface area contributed by atoms with Gasteiger partial charge in [-0.15, -0.1) is 12.4 Å². The standard InChI is InChI=1S/C23H27F2N3O3.ClH/c1-2-30-21(23(29)28-13-15-5-7-16(8-6-15)22(26)27)19-17(24)9-10-18(20(19)25)31-12-11-14-3-4-14;/h5-10,14,21H,2-4,11-13H2,1H3,(H3,26,27)(H,28,29);1H. The Bertz CT molecular complexity index is 937. The minimum absolute atomic E-state index is 0. The zero-order valence-corrected chi connectivity index (χ0v) is 18.6. The molecule has 1 atom stereocenters. The van der Waals surface area contributed by atoms with Crippen molar-refractivity contribution < 1.29 is 23.0 Å². The highest BCUT2D eigenvalue weighted by Gasteiger charge is 2.30. The second-order valence-electron chi connectivity index (χ2n) is 7.52. The second kappa shape index (κ2) is 11.8. The number of hydrogen-bond acceptors (Lipinski definition) is 4. The number of hydrogen-bond donors (Lipinski definition) is 3. The molecule has 2 aromatic rings. The molecule has 0 spiro atoms. The molecule has 0 bridgehead atoms. The van der Waals surface area contributed by atoms with Gasteiger partial charge in [0.05, 0.1) is 12.2 Å². The molecule has 9 heteroatoms. The summed E-state index contributed by atoms with van der Waals surface area (Å²) in [5, 5.41) is 10.1. The highest BCUT2D eigenvalue weighted by atomic mass is 35.5. The average Bonchev–Trinajstić information content (AvgIpc) is 3.57. The topological polar surface area (TPSA) is 97.4 Å². The number of nitrogens with one attached hydrogen (secondary N) is 2. The third-order valence-corrected chi connectivity index (χ3v) is 5.14. The molecule has 1 unspecified atom stereocenters. The van der Waals surface area contributed by atoms with Gasteiger partial charge < -0.3 is 20.5 Å². The molecule has 32 heavy (non-hydrogen) atoms. The number of carbonyl (C=O) groups excluding carboxylic acids is 1. The number of nitrogen functional groups attached to an aromatic ring is 1. The van der Waals surface area contributed by atoms with Crippen LogP contribution in [-0.2, 0) is 16.1 Å². The lowest BCUT2D eigenvalue weighted by Crippen LogP contribution is -2.31. The Labute approximate surface area is 192 Å². The smallest absolute Gasteiger partial charge is 0.254 e. The molecule has 6 nitrogen and oxygen atoms in total. The van der Waals surface area contributed by atoms with Gasteiger partial charge in [0, 0.05) is 18.7 Å². The summed E-state index contributed by atoms with van der Waals surface area (Å²) in [5.74, 6) is -1.98.